The van der Waals surface area contributed by atoms with Crippen LogP contribution >= 0.6 is 0 Å². The first-order chi connectivity index (χ1) is 8.16. The van der Waals surface area contributed by atoms with Crippen molar-refractivity contribution in [1.82, 2.24) is 4.98 Å². The van der Waals surface area contributed by atoms with E-state index >= 15 is 0 Å². The van der Waals surface area contributed by atoms with Crippen LogP contribution in [0.5, 0.6) is 0 Å². The van der Waals surface area contributed by atoms with Gasteiger partial charge in [0.1, 0.15) is 11.7 Å². The number of carbonyl (C=O) groups is 1. The molecule has 0 spiro atoms. The van der Waals surface area contributed by atoms with Crippen molar-refractivity contribution in [2.24, 2.45) is 0 Å². The van der Waals surface area contributed by atoms with Crippen molar-refractivity contribution in [3.63, 3.8) is 0 Å². The number of hydrogen-bond donors (Lipinski definition) is 0. The van der Waals surface area contributed by atoms with Gasteiger partial charge in [-0.3, -0.25) is 0 Å². The molecule has 1 saturated carbocycles. The fraction of sp³-hybridized carbons (Fsp3) is 0.455. The lowest BCUT2D eigenvalue weighted by atomic mass is 10.2. The summed E-state index contributed by atoms with van der Waals surface area (Å²) in [5.74, 6) is -0.735. The summed E-state index contributed by atoms with van der Waals surface area (Å²) in [6.07, 6.45) is 5.11. The van der Waals surface area contributed by atoms with Crippen molar-refractivity contribution >= 4 is 11.8 Å². The second-order valence-corrected chi connectivity index (χ2v) is 3.97. The van der Waals surface area contributed by atoms with Gasteiger partial charge in [0, 0.05) is 6.07 Å². The van der Waals surface area contributed by atoms with Gasteiger partial charge in [-0.05, 0) is 41.7 Å². The molecule has 1 aromatic heterocycles. The third-order valence-electron chi connectivity index (χ3n) is 2.75. The first kappa shape index (κ1) is 11.5. The number of esters is 1. The van der Waals surface area contributed by atoms with Crippen LogP contribution in [0.2, 0.25) is 0 Å². The van der Waals surface area contributed by atoms with Crippen LogP contribution in [0.15, 0.2) is 18.3 Å². The largest absolute Gasteiger partial charge is 0.459 e. The first-order valence-electron chi connectivity index (χ1n) is 5.48. The first-order valence-corrected chi connectivity index (χ1v) is 5.48. The average molecular weight is 236 g/mol. The standard InChI is InChI=1S/C11H12N2O4/c14-11(17-9-3-1-2-4-9)8-5-6-10(12-7-8)13(15)16/h5-7,9H,1-4H2. The Bertz CT molecular complexity index is 424. The molecule has 0 bridgehead atoms. The average Bonchev–Trinajstić information content (AvgIpc) is 2.82. The lowest BCUT2D eigenvalue weighted by molar-refractivity contribution is -0.389. The maximum atomic E-state index is 11.6. The number of rotatable bonds is 3. The van der Waals surface area contributed by atoms with E-state index in [4.69, 9.17) is 4.74 Å². The Labute approximate surface area is 97.8 Å². The highest BCUT2D eigenvalue weighted by Crippen LogP contribution is 2.22. The topological polar surface area (TPSA) is 82.3 Å². The highest BCUT2D eigenvalue weighted by molar-refractivity contribution is 5.89. The summed E-state index contributed by atoms with van der Waals surface area (Å²) < 4.78 is 5.25. The lowest BCUT2D eigenvalue weighted by Crippen LogP contribution is -2.14. The van der Waals surface area contributed by atoms with Crippen LogP contribution in [-0.4, -0.2) is 22.0 Å². The van der Waals surface area contributed by atoms with E-state index in [0.29, 0.717) is 0 Å². The van der Waals surface area contributed by atoms with Crippen LogP contribution in [0.25, 0.3) is 0 Å². The minimum Gasteiger partial charge on any atom is -0.459 e. The predicted molar refractivity (Wildman–Crippen MR) is 58.6 cm³/mol. The van der Waals surface area contributed by atoms with Crippen molar-refractivity contribution in [2.45, 2.75) is 31.8 Å². The molecule has 0 aromatic carbocycles. The number of hydrogen-bond acceptors (Lipinski definition) is 5. The Kier molecular flexibility index (Phi) is 3.32. The molecule has 90 valence electrons. The maximum absolute atomic E-state index is 11.6. The summed E-state index contributed by atoms with van der Waals surface area (Å²) in [5, 5.41) is 10.4. The smallest absolute Gasteiger partial charge is 0.363 e. The van der Waals surface area contributed by atoms with Crippen molar-refractivity contribution < 1.29 is 14.5 Å². The van der Waals surface area contributed by atoms with Gasteiger partial charge in [-0.15, -0.1) is 0 Å². The molecule has 0 radical (unpaired) electrons. The predicted octanol–water partition coefficient (Wildman–Crippen LogP) is 2.09. The van der Waals surface area contributed by atoms with Gasteiger partial charge in [-0.1, -0.05) is 0 Å². The Hall–Kier alpha value is -1.98. The zero-order valence-corrected chi connectivity index (χ0v) is 9.17. The molecule has 0 N–H and O–H groups in total. The molecule has 0 aliphatic heterocycles. The van der Waals surface area contributed by atoms with E-state index in [9.17, 15) is 14.9 Å². The maximum Gasteiger partial charge on any atom is 0.363 e. The quantitative estimate of drug-likeness (QED) is 0.456. The summed E-state index contributed by atoms with van der Waals surface area (Å²) in [4.78, 5) is 25.0. The van der Waals surface area contributed by atoms with Crippen molar-refractivity contribution in [3.05, 3.63) is 34.0 Å². The second-order valence-electron chi connectivity index (χ2n) is 3.97. The number of carbonyl (C=O) groups excluding carboxylic acids is 1. The molecule has 1 aliphatic rings. The monoisotopic (exact) mass is 236 g/mol. The second kappa shape index (κ2) is 4.90. The van der Waals surface area contributed by atoms with Crippen LogP contribution in [0, 0.1) is 10.1 Å². The Balaban J connectivity index is 2.01. The van der Waals surface area contributed by atoms with Gasteiger partial charge in [-0.25, -0.2) is 4.79 Å². The normalized spacial score (nSPS) is 15.8. The summed E-state index contributed by atoms with van der Waals surface area (Å²) in [6.45, 7) is 0. The molecule has 0 unspecified atom stereocenters. The van der Waals surface area contributed by atoms with Gasteiger partial charge in [0.25, 0.3) is 0 Å². The van der Waals surface area contributed by atoms with E-state index in [0.717, 1.165) is 25.7 Å². The number of aromatic nitrogens is 1. The lowest BCUT2D eigenvalue weighted by Gasteiger charge is -2.10. The van der Waals surface area contributed by atoms with Crippen LogP contribution in [0.1, 0.15) is 36.0 Å². The van der Waals surface area contributed by atoms with Crippen molar-refractivity contribution in [1.29, 1.82) is 0 Å². The van der Waals surface area contributed by atoms with E-state index in [1.54, 1.807) is 0 Å². The fourth-order valence-electron chi connectivity index (χ4n) is 1.84. The fourth-order valence-corrected chi connectivity index (χ4v) is 1.84. The van der Waals surface area contributed by atoms with E-state index in [-0.39, 0.29) is 17.5 Å². The molecule has 1 heterocycles. The molecule has 0 atom stereocenters. The van der Waals surface area contributed by atoms with E-state index in [1.165, 1.54) is 18.3 Å². The molecule has 0 amide bonds. The molecular weight excluding hydrogens is 224 g/mol. The minimum atomic E-state index is -0.605. The van der Waals surface area contributed by atoms with E-state index < -0.39 is 10.9 Å². The van der Waals surface area contributed by atoms with Gasteiger partial charge >= 0.3 is 11.8 Å². The molecule has 17 heavy (non-hydrogen) atoms. The Morgan fingerprint density at radius 3 is 2.65 bits per heavy atom. The molecule has 6 nitrogen and oxygen atoms in total. The van der Waals surface area contributed by atoms with Gasteiger partial charge < -0.3 is 14.9 Å². The van der Waals surface area contributed by atoms with Crippen LogP contribution in [-0.2, 0) is 4.74 Å². The summed E-state index contributed by atoms with van der Waals surface area (Å²) in [5.41, 5.74) is 0.252. The number of nitrogens with zero attached hydrogens (tertiary/aromatic N) is 2. The van der Waals surface area contributed by atoms with Crippen LogP contribution < -0.4 is 0 Å². The van der Waals surface area contributed by atoms with Gasteiger partial charge in [-0.2, -0.15) is 0 Å². The summed E-state index contributed by atoms with van der Waals surface area (Å²) in [6, 6.07) is 2.56. The molecule has 6 heteroatoms. The highest BCUT2D eigenvalue weighted by atomic mass is 16.6. The van der Waals surface area contributed by atoms with Gasteiger partial charge in [0.15, 0.2) is 6.20 Å². The van der Waals surface area contributed by atoms with Gasteiger partial charge in [0.05, 0.1) is 0 Å². The molecule has 2 rings (SSSR count). The molecule has 1 aliphatic carbocycles. The van der Waals surface area contributed by atoms with E-state index in [1.807, 2.05) is 0 Å². The molecule has 1 fully saturated rings. The number of ether oxygens (including phenoxy) is 1. The zero-order chi connectivity index (χ0) is 12.3. The highest BCUT2D eigenvalue weighted by Gasteiger charge is 2.21. The zero-order valence-electron chi connectivity index (χ0n) is 9.17. The van der Waals surface area contributed by atoms with E-state index in [2.05, 4.69) is 4.98 Å². The Morgan fingerprint density at radius 2 is 2.12 bits per heavy atom. The minimum absolute atomic E-state index is 0.0160. The number of nitro groups is 1. The third-order valence-corrected chi connectivity index (χ3v) is 2.75. The molecule has 1 aromatic rings. The van der Waals surface area contributed by atoms with Gasteiger partial charge in [0.2, 0.25) is 0 Å². The Morgan fingerprint density at radius 1 is 1.41 bits per heavy atom. The SMILES string of the molecule is O=C(OC1CCCC1)c1ccc([N+](=O)[O-])nc1. The third kappa shape index (κ3) is 2.77. The summed E-state index contributed by atoms with van der Waals surface area (Å²) in [7, 11) is 0. The van der Waals surface area contributed by atoms with Crippen LogP contribution in [0.4, 0.5) is 5.82 Å². The summed E-state index contributed by atoms with van der Waals surface area (Å²) >= 11 is 0. The van der Waals surface area contributed by atoms with Crippen LogP contribution in [0.3, 0.4) is 0 Å². The van der Waals surface area contributed by atoms with Crippen molar-refractivity contribution in [2.75, 3.05) is 0 Å². The molecular formula is C11H12N2O4. The van der Waals surface area contributed by atoms with Crippen molar-refractivity contribution in [3.8, 4) is 0 Å². The number of pyridine rings is 1. The molecule has 0 saturated heterocycles.